The lowest BCUT2D eigenvalue weighted by molar-refractivity contribution is -0.130. The zero-order valence-electron chi connectivity index (χ0n) is 15.4. The minimum absolute atomic E-state index is 0.0527. The van der Waals surface area contributed by atoms with Crippen LogP contribution in [0.25, 0.3) is 11.1 Å². The molecule has 0 bridgehead atoms. The van der Waals surface area contributed by atoms with Gasteiger partial charge >= 0.3 is 0 Å². The Morgan fingerprint density at radius 2 is 2.04 bits per heavy atom. The summed E-state index contributed by atoms with van der Waals surface area (Å²) in [7, 11) is 0. The van der Waals surface area contributed by atoms with Crippen LogP contribution in [0.5, 0.6) is 5.75 Å². The molecule has 0 aliphatic carbocycles. The number of fused-ring (bicyclic) bond motifs is 1. The second-order valence-corrected chi connectivity index (χ2v) is 7.12. The molecule has 4 rings (SSSR count). The number of ketones is 1. The summed E-state index contributed by atoms with van der Waals surface area (Å²) in [5.74, 6) is 0.843. The van der Waals surface area contributed by atoms with E-state index in [1.807, 2.05) is 36.4 Å². The van der Waals surface area contributed by atoms with Gasteiger partial charge in [0.1, 0.15) is 18.0 Å². The van der Waals surface area contributed by atoms with Crippen LogP contribution in [0.15, 0.2) is 42.5 Å². The summed E-state index contributed by atoms with van der Waals surface area (Å²) in [5, 5.41) is 2.94. The molecule has 27 heavy (non-hydrogen) atoms. The van der Waals surface area contributed by atoms with Crippen molar-refractivity contribution < 1.29 is 19.1 Å². The Morgan fingerprint density at radius 1 is 1.19 bits per heavy atom. The quantitative estimate of drug-likeness (QED) is 0.827. The normalized spacial score (nSPS) is 20.8. The van der Waals surface area contributed by atoms with Gasteiger partial charge in [-0.15, -0.1) is 0 Å². The molecule has 1 fully saturated rings. The number of ether oxygens (including phenoxy) is 2. The molecule has 0 unspecified atom stereocenters. The molecule has 5 heteroatoms. The molecule has 2 aromatic rings. The second-order valence-electron chi connectivity index (χ2n) is 7.12. The second kappa shape index (κ2) is 7.53. The lowest BCUT2D eigenvalue weighted by Gasteiger charge is -2.14. The van der Waals surface area contributed by atoms with Gasteiger partial charge in [0.25, 0.3) is 0 Å². The van der Waals surface area contributed by atoms with Gasteiger partial charge in [-0.1, -0.05) is 30.3 Å². The van der Waals surface area contributed by atoms with Crippen molar-refractivity contribution >= 4 is 11.7 Å². The number of carbonyl (C=O) groups excluding carboxylic acids is 2. The predicted octanol–water partition coefficient (Wildman–Crippen LogP) is 3.15. The first-order valence-corrected chi connectivity index (χ1v) is 9.41. The van der Waals surface area contributed by atoms with E-state index >= 15 is 0 Å². The molecule has 140 valence electrons. The summed E-state index contributed by atoms with van der Waals surface area (Å²) in [6, 6.07) is 13.6. The van der Waals surface area contributed by atoms with Crippen molar-refractivity contribution in [1.29, 1.82) is 0 Å². The number of carbonyl (C=O) groups is 2. The first-order chi connectivity index (χ1) is 13.1. The fraction of sp³-hybridized carbons (Fsp3) is 0.364. The van der Waals surface area contributed by atoms with Crippen LogP contribution in [0.1, 0.15) is 35.7 Å². The van der Waals surface area contributed by atoms with E-state index in [-0.39, 0.29) is 23.9 Å². The number of amides is 1. The van der Waals surface area contributed by atoms with Crippen LogP contribution in [0, 0.1) is 0 Å². The summed E-state index contributed by atoms with van der Waals surface area (Å²) in [6.45, 7) is 2.71. The predicted molar refractivity (Wildman–Crippen MR) is 102 cm³/mol. The third-order valence-corrected chi connectivity index (χ3v) is 5.15. The maximum Gasteiger partial charge on any atom is 0.249 e. The summed E-state index contributed by atoms with van der Waals surface area (Å²) < 4.78 is 11.4. The van der Waals surface area contributed by atoms with Gasteiger partial charge in [0.05, 0.1) is 6.54 Å². The van der Waals surface area contributed by atoms with Crippen LogP contribution in [-0.4, -0.2) is 37.0 Å². The standard InChI is InChI=1S/C22H23NO4/c1-14(24)18-5-2-3-6-19(18)15-8-9-20-16(11-15)12-17(27-20)13-23-22(25)21-7-4-10-26-21/h2-3,5-6,8-9,11,17,21H,4,7,10,12-13H2,1H3,(H,23,25)/t17-,21+/m1/s1. The van der Waals surface area contributed by atoms with Crippen LogP contribution < -0.4 is 10.1 Å². The Kier molecular flexibility index (Phi) is 4.94. The molecule has 0 radical (unpaired) electrons. The van der Waals surface area contributed by atoms with Crippen LogP contribution in [0.2, 0.25) is 0 Å². The van der Waals surface area contributed by atoms with Gasteiger partial charge in [-0.25, -0.2) is 0 Å². The molecule has 2 aromatic carbocycles. The van der Waals surface area contributed by atoms with Crippen LogP contribution in [0.3, 0.4) is 0 Å². The van der Waals surface area contributed by atoms with E-state index in [2.05, 4.69) is 11.4 Å². The highest BCUT2D eigenvalue weighted by Crippen LogP contribution is 2.34. The molecule has 1 saturated heterocycles. The lowest BCUT2D eigenvalue weighted by atomic mass is 9.95. The third-order valence-electron chi connectivity index (χ3n) is 5.15. The summed E-state index contributed by atoms with van der Waals surface area (Å²) in [5.41, 5.74) is 3.76. The van der Waals surface area contributed by atoms with Gasteiger partial charge < -0.3 is 14.8 Å². The molecule has 0 spiro atoms. The highest BCUT2D eigenvalue weighted by Gasteiger charge is 2.27. The fourth-order valence-electron chi connectivity index (χ4n) is 3.76. The number of hydrogen-bond acceptors (Lipinski definition) is 4. The van der Waals surface area contributed by atoms with E-state index in [1.165, 1.54) is 0 Å². The monoisotopic (exact) mass is 365 g/mol. The number of rotatable bonds is 5. The van der Waals surface area contributed by atoms with E-state index in [1.54, 1.807) is 6.92 Å². The van der Waals surface area contributed by atoms with Crippen molar-refractivity contribution in [2.45, 2.75) is 38.4 Å². The summed E-state index contributed by atoms with van der Waals surface area (Å²) in [6.07, 6.45) is 2.06. The largest absolute Gasteiger partial charge is 0.488 e. The SMILES string of the molecule is CC(=O)c1ccccc1-c1ccc2c(c1)C[C@H](CNC(=O)[C@@H]1CCCO1)O2. The molecule has 2 heterocycles. The Balaban J connectivity index is 1.44. The van der Waals surface area contributed by atoms with Crippen LogP contribution in [0.4, 0.5) is 0 Å². The van der Waals surface area contributed by atoms with Crippen molar-refractivity contribution in [3.63, 3.8) is 0 Å². The zero-order valence-corrected chi connectivity index (χ0v) is 15.4. The zero-order chi connectivity index (χ0) is 18.8. The number of hydrogen-bond donors (Lipinski definition) is 1. The molecular formula is C22H23NO4. The molecule has 0 aromatic heterocycles. The van der Waals surface area contributed by atoms with E-state index in [0.29, 0.717) is 13.2 Å². The third kappa shape index (κ3) is 3.74. The van der Waals surface area contributed by atoms with E-state index in [4.69, 9.17) is 9.47 Å². The van der Waals surface area contributed by atoms with E-state index < -0.39 is 0 Å². The van der Waals surface area contributed by atoms with Gasteiger partial charge in [-0.3, -0.25) is 9.59 Å². The topological polar surface area (TPSA) is 64.6 Å². The van der Waals surface area contributed by atoms with Crippen molar-refractivity contribution in [1.82, 2.24) is 5.32 Å². The Labute approximate surface area is 158 Å². The van der Waals surface area contributed by atoms with Crippen LogP contribution in [-0.2, 0) is 16.0 Å². The number of nitrogens with one attached hydrogen (secondary N) is 1. The molecule has 2 atom stereocenters. The average Bonchev–Trinajstić information content (AvgIpc) is 3.35. The minimum atomic E-state index is -0.316. The Bertz CT molecular complexity index is 870. The van der Waals surface area contributed by atoms with Crippen molar-refractivity contribution in [3.8, 4) is 16.9 Å². The van der Waals surface area contributed by atoms with E-state index in [9.17, 15) is 9.59 Å². The molecule has 0 saturated carbocycles. The van der Waals surface area contributed by atoms with Crippen molar-refractivity contribution in [2.24, 2.45) is 0 Å². The maximum atomic E-state index is 12.1. The average molecular weight is 365 g/mol. The molecule has 2 aliphatic rings. The molecule has 1 N–H and O–H groups in total. The van der Waals surface area contributed by atoms with Gasteiger partial charge in [0, 0.05) is 18.6 Å². The number of Topliss-reactive ketones (excluding diaryl/α,β-unsaturated/α-hetero) is 1. The van der Waals surface area contributed by atoms with Gasteiger partial charge in [-0.05, 0) is 48.6 Å². The van der Waals surface area contributed by atoms with Crippen LogP contribution >= 0.6 is 0 Å². The van der Waals surface area contributed by atoms with Gasteiger partial charge in [-0.2, -0.15) is 0 Å². The van der Waals surface area contributed by atoms with Crippen molar-refractivity contribution in [3.05, 3.63) is 53.6 Å². The molecule has 5 nitrogen and oxygen atoms in total. The minimum Gasteiger partial charge on any atom is -0.488 e. The highest BCUT2D eigenvalue weighted by molar-refractivity contribution is 6.00. The van der Waals surface area contributed by atoms with Gasteiger partial charge in [0.2, 0.25) is 5.91 Å². The summed E-state index contributed by atoms with van der Waals surface area (Å²) >= 11 is 0. The Morgan fingerprint density at radius 3 is 2.81 bits per heavy atom. The lowest BCUT2D eigenvalue weighted by Crippen LogP contribution is -2.40. The molecule has 2 aliphatic heterocycles. The first kappa shape index (κ1) is 17.7. The Hall–Kier alpha value is -2.66. The van der Waals surface area contributed by atoms with Gasteiger partial charge in [0.15, 0.2) is 5.78 Å². The summed E-state index contributed by atoms with van der Waals surface area (Å²) in [4.78, 5) is 24.0. The highest BCUT2D eigenvalue weighted by atomic mass is 16.5. The first-order valence-electron chi connectivity index (χ1n) is 9.41. The maximum absolute atomic E-state index is 12.1. The molecule has 1 amide bonds. The fourth-order valence-corrected chi connectivity index (χ4v) is 3.76. The number of benzene rings is 2. The van der Waals surface area contributed by atoms with E-state index in [0.717, 1.165) is 47.3 Å². The molecular weight excluding hydrogens is 342 g/mol. The van der Waals surface area contributed by atoms with Crippen molar-refractivity contribution in [2.75, 3.05) is 13.2 Å². The smallest absolute Gasteiger partial charge is 0.249 e.